The molecule has 3 aromatic heterocycles. The zero-order valence-electron chi connectivity index (χ0n) is 10.8. The molecule has 3 aromatic rings. The van der Waals surface area contributed by atoms with E-state index in [1.807, 2.05) is 0 Å². The van der Waals surface area contributed by atoms with Crippen LogP contribution in [0.1, 0.15) is 0 Å². The highest BCUT2D eigenvalue weighted by Gasteiger charge is 2.05. The van der Waals surface area contributed by atoms with Crippen molar-refractivity contribution in [3.63, 3.8) is 0 Å². The number of nitrogens with one attached hydrogen (secondary N) is 1. The maximum absolute atomic E-state index is 10.3. The minimum Gasteiger partial charge on any atom is -0.456 e. The smallest absolute Gasteiger partial charge is 0.212 e. The summed E-state index contributed by atoms with van der Waals surface area (Å²) in [6, 6.07) is 6.80. The second kappa shape index (κ2) is 5.83. The van der Waals surface area contributed by atoms with Gasteiger partial charge in [-0.15, -0.1) is 0 Å². The quantitative estimate of drug-likeness (QED) is 0.723. The molecule has 0 fully saturated rings. The fourth-order valence-electron chi connectivity index (χ4n) is 1.67. The van der Waals surface area contributed by atoms with Gasteiger partial charge in [0.2, 0.25) is 6.41 Å². The van der Waals surface area contributed by atoms with Gasteiger partial charge in [0.05, 0.1) is 12.4 Å². The van der Waals surface area contributed by atoms with Crippen LogP contribution in [-0.2, 0) is 4.79 Å². The molecular formula is C14H10N4O3. The molecule has 0 aromatic carbocycles. The zero-order valence-corrected chi connectivity index (χ0v) is 10.8. The maximum Gasteiger partial charge on any atom is 0.212 e. The fourth-order valence-corrected chi connectivity index (χ4v) is 1.67. The van der Waals surface area contributed by atoms with Crippen molar-refractivity contribution in [3.8, 4) is 23.0 Å². The molecule has 0 aliphatic rings. The lowest BCUT2D eigenvalue weighted by Crippen LogP contribution is -1.96. The van der Waals surface area contributed by atoms with Crippen molar-refractivity contribution in [1.29, 1.82) is 0 Å². The molecule has 1 amide bonds. The monoisotopic (exact) mass is 282 g/mol. The molecule has 0 unspecified atom stereocenters. The van der Waals surface area contributed by atoms with Crippen LogP contribution >= 0.6 is 0 Å². The number of nitrogens with zero attached hydrogens (tertiary/aromatic N) is 3. The average Bonchev–Trinajstić information content (AvgIpc) is 3.04. The van der Waals surface area contributed by atoms with Crippen LogP contribution in [0.4, 0.5) is 5.82 Å². The van der Waals surface area contributed by atoms with E-state index in [9.17, 15) is 4.79 Å². The SMILES string of the molecule is O=CNc1ccc(Oc2ccnc(-c3cnco3)c2)cn1. The highest BCUT2D eigenvalue weighted by molar-refractivity contribution is 5.68. The van der Waals surface area contributed by atoms with E-state index in [0.29, 0.717) is 35.2 Å². The Kier molecular flexibility index (Phi) is 3.55. The summed E-state index contributed by atoms with van der Waals surface area (Å²) < 4.78 is 10.9. The van der Waals surface area contributed by atoms with Gasteiger partial charge in [0, 0.05) is 12.3 Å². The number of rotatable bonds is 5. The lowest BCUT2D eigenvalue weighted by atomic mass is 10.3. The van der Waals surface area contributed by atoms with Gasteiger partial charge in [-0.25, -0.2) is 9.97 Å². The molecule has 3 rings (SSSR count). The van der Waals surface area contributed by atoms with Crippen molar-refractivity contribution in [2.24, 2.45) is 0 Å². The van der Waals surface area contributed by atoms with Crippen molar-refractivity contribution in [2.75, 3.05) is 5.32 Å². The molecule has 104 valence electrons. The minimum absolute atomic E-state index is 0.453. The third-order valence-electron chi connectivity index (χ3n) is 2.60. The minimum atomic E-state index is 0.453. The van der Waals surface area contributed by atoms with Crippen molar-refractivity contribution in [3.05, 3.63) is 49.2 Å². The summed E-state index contributed by atoms with van der Waals surface area (Å²) >= 11 is 0. The van der Waals surface area contributed by atoms with Crippen molar-refractivity contribution in [1.82, 2.24) is 15.0 Å². The Morgan fingerprint density at radius 1 is 1.14 bits per heavy atom. The predicted octanol–water partition coefficient (Wildman–Crippen LogP) is 2.49. The first-order valence-electron chi connectivity index (χ1n) is 6.04. The van der Waals surface area contributed by atoms with E-state index in [4.69, 9.17) is 9.15 Å². The van der Waals surface area contributed by atoms with E-state index < -0.39 is 0 Å². The van der Waals surface area contributed by atoms with Crippen LogP contribution < -0.4 is 10.1 Å². The number of carbonyl (C=O) groups excluding carboxylic acids is 1. The Labute approximate surface area is 119 Å². The third-order valence-corrected chi connectivity index (χ3v) is 2.60. The number of oxazole rings is 1. The molecular weight excluding hydrogens is 272 g/mol. The Morgan fingerprint density at radius 3 is 2.81 bits per heavy atom. The number of anilines is 1. The molecule has 0 aliphatic carbocycles. The van der Waals surface area contributed by atoms with E-state index >= 15 is 0 Å². The number of hydrogen-bond donors (Lipinski definition) is 1. The van der Waals surface area contributed by atoms with Gasteiger partial charge < -0.3 is 14.5 Å². The molecule has 0 saturated carbocycles. The third kappa shape index (κ3) is 3.03. The number of amides is 1. The summed E-state index contributed by atoms with van der Waals surface area (Å²) in [6.45, 7) is 0. The number of pyridine rings is 2. The van der Waals surface area contributed by atoms with E-state index in [1.54, 1.807) is 36.7 Å². The zero-order chi connectivity index (χ0) is 14.5. The van der Waals surface area contributed by atoms with Gasteiger partial charge in [-0.3, -0.25) is 9.78 Å². The summed E-state index contributed by atoms with van der Waals surface area (Å²) in [4.78, 5) is 22.4. The predicted molar refractivity (Wildman–Crippen MR) is 73.7 cm³/mol. The van der Waals surface area contributed by atoms with Gasteiger partial charge in [0.25, 0.3) is 0 Å². The van der Waals surface area contributed by atoms with Gasteiger partial charge in [-0.1, -0.05) is 0 Å². The highest BCUT2D eigenvalue weighted by Crippen LogP contribution is 2.25. The molecule has 0 bridgehead atoms. The lowest BCUT2D eigenvalue weighted by Gasteiger charge is -2.06. The summed E-state index contributed by atoms with van der Waals surface area (Å²) in [7, 11) is 0. The van der Waals surface area contributed by atoms with Crippen LogP contribution in [0.15, 0.2) is 53.7 Å². The van der Waals surface area contributed by atoms with Crippen LogP contribution in [0.5, 0.6) is 11.5 Å². The molecule has 0 aliphatic heterocycles. The Hall–Kier alpha value is -3.22. The van der Waals surface area contributed by atoms with E-state index in [-0.39, 0.29) is 0 Å². The largest absolute Gasteiger partial charge is 0.456 e. The second-order valence-corrected chi connectivity index (χ2v) is 3.99. The Balaban J connectivity index is 1.78. The average molecular weight is 282 g/mol. The van der Waals surface area contributed by atoms with E-state index in [1.165, 1.54) is 12.6 Å². The van der Waals surface area contributed by atoms with Gasteiger partial charge >= 0.3 is 0 Å². The van der Waals surface area contributed by atoms with Gasteiger partial charge in [0.1, 0.15) is 23.0 Å². The van der Waals surface area contributed by atoms with Crippen molar-refractivity contribution in [2.45, 2.75) is 0 Å². The molecule has 7 heteroatoms. The van der Waals surface area contributed by atoms with E-state index in [0.717, 1.165) is 0 Å². The van der Waals surface area contributed by atoms with Crippen LogP contribution in [0.2, 0.25) is 0 Å². The van der Waals surface area contributed by atoms with E-state index in [2.05, 4.69) is 20.3 Å². The molecule has 0 spiro atoms. The molecule has 0 atom stereocenters. The van der Waals surface area contributed by atoms with Crippen LogP contribution in [0.3, 0.4) is 0 Å². The van der Waals surface area contributed by atoms with Crippen molar-refractivity contribution >= 4 is 12.2 Å². The second-order valence-electron chi connectivity index (χ2n) is 3.99. The summed E-state index contributed by atoms with van der Waals surface area (Å²) in [5.74, 6) is 2.15. The number of aromatic nitrogens is 3. The summed E-state index contributed by atoms with van der Waals surface area (Å²) in [5, 5.41) is 2.45. The molecule has 7 nitrogen and oxygen atoms in total. The molecule has 21 heavy (non-hydrogen) atoms. The summed E-state index contributed by atoms with van der Waals surface area (Å²) in [6.07, 6.45) is 6.61. The number of ether oxygens (including phenoxy) is 1. The highest BCUT2D eigenvalue weighted by atomic mass is 16.5. The molecule has 1 N–H and O–H groups in total. The Bertz CT molecular complexity index is 726. The number of carbonyl (C=O) groups is 1. The fraction of sp³-hybridized carbons (Fsp3) is 0. The van der Waals surface area contributed by atoms with Gasteiger partial charge in [-0.2, -0.15) is 0 Å². The first kappa shape index (κ1) is 12.8. The van der Waals surface area contributed by atoms with Gasteiger partial charge in [-0.05, 0) is 18.2 Å². The van der Waals surface area contributed by atoms with Gasteiger partial charge in [0.15, 0.2) is 12.2 Å². The Morgan fingerprint density at radius 2 is 2.10 bits per heavy atom. The first-order valence-corrected chi connectivity index (χ1v) is 6.04. The maximum atomic E-state index is 10.3. The van der Waals surface area contributed by atoms with Crippen LogP contribution in [-0.4, -0.2) is 21.4 Å². The summed E-state index contributed by atoms with van der Waals surface area (Å²) in [5.41, 5.74) is 0.622. The molecule has 0 saturated heterocycles. The standard InChI is InChI=1S/C14H10N4O3/c19-8-18-14-2-1-11(6-17-14)21-10-3-4-16-12(5-10)13-7-15-9-20-13/h1-9H,(H,17,18,19). The van der Waals surface area contributed by atoms with Crippen LogP contribution in [0, 0.1) is 0 Å². The lowest BCUT2D eigenvalue weighted by molar-refractivity contribution is -0.105. The topological polar surface area (TPSA) is 90.1 Å². The molecule has 0 radical (unpaired) electrons. The van der Waals surface area contributed by atoms with Crippen LogP contribution in [0.25, 0.3) is 11.5 Å². The molecule has 3 heterocycles. The first-order chi connectivity index (χ1) is 10.3. The normalized spacial score (nSPS) is 10.1. The van der Waals surface area contributed by atoms with Crippen molar-refractivity contribution < 1.29 is 13.9 Å². The number of hydrogen-bond acceptors (Lipinski definition) is 6.